The first-order valence-corrected chi connectivity index (χ1v) is 12.3. The van der Waals surface area contributed by atoms with E-state index >= 15 is 0 Å². The summed E-state index contributed by atoms with van der Waals surface area (Å²) >= 11 is 0. The molecule has 5 rings (SSSR count). The average molecular weight is 506 g/mol. The van der Waals surface area contributed by atoms with E-state index in [2.05, 4.69) is 30.3 Å². The van der Waals surface area contributed by atoms with E-state index < -0.39 is 0 Å². The molecule has 0 atom stereocenters. The van der Waals surface area contributed by atoms with Gasteiger partial charge in [0.15, 0.2) is 11.5 Å². The molecule has 1 N–H and O–H groups in total. The van der Waals surface area contributed by atoms with Crippen LogP contribution in [0.2, 0.25) is 0 Å². The summed E-state index contributed by atoms with van der Waals surface area (Å²) < 4.78 is 22.4. The molecule has 2 fully saturated rings. The Labute approximate surface area is 216 Å². The van der Waals surface area contributed by atoms with Crippen molar-refractivity contribution in [3.8, 4) is 11.5 Å². The van der Waals surface area contributed by atoms with Crippen LogP contribution in [0.5, 0.6) is 11.5 Å². The van der Waals surface area contributed by atoms with Crippen LogP contribution >= 0.6 is 0 Å². The number of aromatic nitrogens is 3. The lowest BCUT2D eigenvalue weighted by molar-refractivity contribution is 0.121. The number of ether oxygens (including phenoxy) is 4. The summed E-state index contributed by atoms with van der Waals surface area (Å²) in [7, 11) is 1.62. The quantitative estimate of drug-likeness (QED) is 0.344. The second-order valence-corrected chi connectivity index (χ2v) is 8.51. The number of morpholine rings is 2. The summed E-state index contributed by atoms with van der Waals surface area (Å²) in [5, 5.41) is 4.37. The fraction of sp³-hybridized carbons (Fsp3) is 0.385. The molecule has 0 aliphatic carbocycles. The number of methoxy groups -OCH3 is 1. The predicted octanol–water partition coefficient (Wildman–Crippen LogP) is 2.58. The molecule has 2 aliphatic heterocycles. The SMILES string of the molecule is COc1cc(/C=N/Nc2nc(N3CCOCC3)nc(N3CCOCC3)n2)ccc1OCc1ccccc1. The highest BCUT2D eigenvalue weighted by Gasteiger charge is 2.20. The maximum absolute atomic E-state index is 5.95. The van der Waals surface area contributed by atoms with E-state index in [1.807, 2.05) is 48.5 Å². The number of nitrogens with zero attached hydrogens (tertiary/aromatic N) is 6. The summed E-state index contributed by atoms with van der Waals surface area (Å²) in [5.41, 5.74) is 4.90. The molecule has 0 saturated carbocycles. The minimum Gasteiger partial charge on any atom is -0.493 e. The first kappa shape index (κ1) is 24.7. The Kier molecular flexibility index (Phi) is 8.24. The van der Waals surface area contributed by atoms with Crippen molar-refractivity contribution in [3.63, 3.8) is 0 Å². The molecule has 194 valence electrons. The van der Waals surface area contributed by atoms with Gasteiger partial charge in [0.2, 0.25) is 17.8 Å². The second-order valence-electron chi connectivity index (χ2n) is 8.51. The van der Waals surface area contributed by atoms with E-state index in [9.17, 15) is 0 Å². The van der Waals surface area contributed by atoms with E-state index in [0.717, 1.165) is 37.3 Å². The molecule has 3 heterocycles. The molecule has 0 radical (unpaired) electrons. The predicted molar refractivity (Wildman–Crippen MR) is 141 cm³/mol. The van der Waals surface area contributed by atoms with Gasteiger partial charge in [-0.1, -0.05) is 30.3 Å². The zero-order valence-corrected chi connectivity index (χ0v) is 20.9. The molecule has 11 nitrogen and oxygen atoms in total. The maximum atomic E-state index is 5.95. The van der Waals surface area contributed by atoms with Crippen molar-refractivity contribution < 1.29 is 18.9 Å². The van der Waals surface area contributed by atoms with Gasteiger partial charge in [0, 0.05) is 26.2 Å². The van der Waals surface area contributed by atoms with E-state index in [0.29, 0.717) is 62.4 Å². The molecule has 0 bridgehead atoms. The summed E-state index contributed by atoms with van der Waals surface area (Å²) in [5.74, 6) is 2.89. The molecule has 0 amide bonds. The monoisotopic (exact) mass is 505 g/mol. The highest BCUT2D eigenvalue weighted by molar-refractivity contribution is 5.81. The van der Waals surface area contributed by atoms with Gasteiger partial charge in [-0.05, 0) is 29.3 Å². The smallest absolute Gasteiger partial charge is 0.250 e. The summed E-state index contributed by atoms with van der Waals surface area (Å²) in [6, 6.07) is 15.7. The number of nitrogens with one attached hydrogen (secondary N) is 1. The number of rotatable bonds is 9. The van der Waals surface area contributed by atoms with Gasteiger partial charge >= 0.3 is 0 Å². The lowest BCUT2D eigenvalue weighted by atomic mass is 10.2. The van der Waals surface area contributed by atoms with Gasteiger partial charge in [0.1, 0.15) is 6.61 Å². The normalized spacial score (nSPS) is 16.1. The van der Waals surface area contributed by atoms with Gasteiger partial charge in [-0.2, -0.15) is 20.1 Å². The van der Waals surface area contributed by atoms with Crippen molar-refractivity contribution in [2.45, 2.75) is 6.61 Å². The molecule has 2 saturated heterocycles. The Morgan fingerprint density at radius 3 is 2.14 bits per heavy atom. The maximum Gasteiger partial charge on any atom is 0.250 e. The summed E-state index contributed by atoms with van der Waals surface area (Å²) in [6.07, 6.45) is 1.69. The van der Waals surface area contributed by atoms with Crippen LogP contribution < -0.4 is 24.7 Å². The van der Waals surface area contributed by atoms with Gasteiger partial charge in [-0.25, -0.2) is 5.43 Å². The third kappa shape index (κ3) is 6.63. The van der Waals surface area contributed by atoms with E-state index in [-0.39, 0.29) is 0 Å². The number of hydrazone groups is 1. The Hall–Kier alpha value is -3.96. The van der Waals surface area contributed by atoms with E-state index in [4.69, 9.17) is 23.9 Å². The van der Waals surface area contributed by atoms with Crippen molar-refractivity contribution >= 4 is 24.1 Å². The van der Waals surface area contributed by atoms with Gasteiger partial charge in [0.05, 0.1) is 39.8 Å². The zero-order chi connectivity index (χ0) is 25.3. The lowest BCUT2D eigenvalue weighted by Crippen LogP contribution is -2.40. The van der Waals surface area contributed by atoms with Crippen LogP contribution in [0.25, 0.3) is 0 Å². The zero-order valence-electron chi connectivity index (χ0n) is 20.9. The van der Waals surface area contributed by atoms with Crippen LogP contribution in [-0.2, 0) is 16.1 Å². The Morgan fingerprint density at radius 2 is 1.51 bits per heavy atom. The van der Waals surface area contributed by atoms with Crippen LogP contribution in [0.15, 0.2) is 53.6 Å². The Morgan fingerprint density at radius 1 is 0.865 bits per heavy atom. The van der Waals surface area contributed by atoms with Gasteiger partial charge < -0.3 is 28.7 Å². The minimum atomic E-state index is 0.379. The third-order valence-corrected chi connectivity index (χ3v) is 6.00. The Bertz CT molecular complexity index is 1150. The standard InChI is InChI=1S/C26H31N7O4/c1-34-23-17-21(7-8-22(23)37-19-20-5-3-2-4-6-20)18-27-31-24-28-25(32-9-13-35-14-10-32)30-26(29-24)33-11-15-36-16-12-33/h2-8,17-18H,9-16,19H2,1H3,(H,28,29,30,31)/b27-18+. The fourth-order valence-electron chi connectivity index (χ4n) is 4.00. The molecule has 2 aromatic carbocycles. The third-order valence-electron chi connectivity index (χ3n) is 6.00. The molecule has 2 aliphatic rings. The van der Waals surface area contributed by atoms with Crippen LogP contribution in [0.3, 0.4) is 0 Å². The molecular weight excluding hydrogens is 474 g/mol. The second kappa shape index (κ2) is 12.3. The van der Waals surface area contributed by atoms with Crippen LogP contribution in [-0.4, -0.2) is 80.9 Å². The van der Waals surface area contributed by atoms with Gasteiger partial charge in [0.25, 0.3) is 0 Å². The molecule has 0 spiro atoms. The average Bonchev–Trinajstić information content (AvgIpc) is 2.97. The van der Waals surface area contributed by atoms with Crippen LogP contribution in [0.4, 0.5) is 17.8 Å². The number of hydrogen-bond acceptors (Lipinski definition) is 11. The van der Waals surface area contributed by atoms with E-state index in [1.165, 1.54) is 0 Å². The van der Waals surface area contributed by atoms with Crippen molar-refractivity contribution in [1.82, 2.24) is 15.0 Å². The van der Waals surface area contributed by atoms with Crippen LogP contribution in [0, 0.1) is 0 Å². The molecular formula is C26H31N7O4. The fourth-order valence-corrected chi connectivity index (χ4v) is 4.00. The molecule has 0 unspecified atom stereocenters. The van der Waals surface area contributed by atoms with E-state index in [1.54, 1.807) is 13.3 Å². The number of hydrogen-bond donors (Lipinski definition) is 1. The lowest BCUT2D eigenvalue weighted by Gasteiger charge is -2.30. The van der Waals surface area contributed by atoms with Gasteiger partial charge in [-0.15, -0.1) is 0 Å². The van der Waals surface area contributed by atoms with Crippen molar-refractivity contribution in [1.29, 1.82) is 0 Å². The highest BCUT2D eigenvalue weighted by atomic mass is 16.5. The molecule has 11 heteroatoms. The Balaban J connectivity index is 1.29. The van der Waals surface area contributed by atoms with Crippen molar-refractivity contribution in [2.75, 3.05) is 74.9 Å². The van der Waals surface area contributed by atoms with Gasteiger partial charge in [-0.3, -0.25) is 0 Å². The largest absolute Gasteiger partial charge is 0.493 e. The highest BCUT2D eigenvalue weighted by Crippen LogP contribution is 2.28. The first-order chi connectivity index (χ1) is 18.3. The van der Waals surface area contributed by atoms with Crippen LogP contribution in [0.1, 0.15) is 11.1 Å². The molecule has 37 heavy (non-hydrogen) atoms. The summed E-state index contributed by atoms with van der Waals surface area (Å²) in [4.78, 5) is 18.1. The topological polar surface area (TPSA) is 106 Å². The number of benzene rings is 2. The van der Waals surface area contributed by atoms with Crippen molar-refractivity contribution in [2.24, 2.45) is 5.10 Å². The molecule has 3 aromatic rings. The molecule has 1 aromatic heterocycles. The minimum absolute atomic E-state index is 0.379. The number of anilines is 3. The summed E-state index contributed by atoms with van der Waals surface area (Å²) in [6.45, 7) is 5.96. The first-order valence-electron chi connectivity index (χ1n) is 12.3. The van der Waals surface area contributed by atoms with Crippen molar-refractivity contribution in [3.05, 3.63) is 59.7 Å².